The summed E-state index contributed by atoms with van der Waals surface area (Å²) in [5.74, 6) is 2.62. The van der Waals surface area contributed by atoms with Gasteiger partial charge in [-0.1, -0.05) is 12.1 Å². The molecule has 32 heavy (non-hydrogen) atoms. The van der Waals surface area contributed by atoms with Crippen LogP contribution in [0.5, 0.6) is 11.5 Å². The quantitative estimate of drug-likeness (QED) is 0.614. The molecule has 1 saturated heterocycles. The smallest absolute Gasteiger partial charge is 0.223 e. The Morgan fingerprint density at radius 3 is 2.47 bits per heavy atom. The molecular formula is C25H28N4O3. The molecule has 0 spiro atoms. The first-order chi connectivity index (χ1) is 15.7. The van der Waals surface area contributed by atoms with E-state index in [0.717, 1.165) is 60.1 Å². The lowest BCUT2D eigenvalue weighted by atomic mass is 9.95. The molecule has 1 aliphatic rings. The second-order valence-electron chi connectivity index (χ2n) is 7.82. The Kier molecular flexibility index (Phi) is 6.84. The van der Waals surface area contributed by atoms with Gasteiger partial charge in [-0.15, -0.1) is 0 Å². The summed E-state index contributed by atoms with van der Waals surface area (Å²) in [5, 5.41) is 3.07. The molecule has 7 heteroatoms. The minimum atomic E-state index is 0.0137. The highest BCUT2D eigenvalue weighted by Crippen LogP contribution is 2.26. The topological polar surface area (TPSA) is 76.6 Å². The summed E-state index contributed by atoms with van der Waals surface area (Å²) in [6, 6.07) is 17.6. The zero-order valence-corrected chi connectivity index (χ0v) is 18.5. The molecule has 3 aromatic rings. The van der Waals surface area contributed by atoms with E-state index < -0.39 is 0 Å². The number of carbonyl (C=O) groups excluding carboxylic acids is 1. The Hall–Kier alpha value is -3.61. The van der Waals surface area contributed by atoms with Crippen LogP contribution in [0.3, 0.4) is 0 Å². The Balaban J connectivity index is 1.32. The number of amides is 1. The third-order valence-corrected chi connectivity index (χ3v) is 5.83. The molecule has 0 bridgehead atoms. The molecule has 7 nitrogen and oxygen atoms in total. The monoisotopic (exact) mass is 432 g/mol. The van der Waals surface area contributed by atoms with Gasteiger partial charge in [0.1, 0.15) is 23.6 Å². The van der Waals surface area contributed by atoms with Gasteiger partial charge in [-0.25, -0.2) is 9.97 Å². The van der Waals surface area contributed by atoms with Crippen LogP contribution in [0.1, 0.15) is 18.4 Å². The normalized spacial score (nSPS) is 14.1. The predicted octanol–water partition coefficient (Wildman–Crippen LogP) is 3.69. The molecule has 1 N–H and O–H groups in total. The number of benzene rings is 2. The van der Waals surface area contributed by atoms with Gasteiger partial charge >= 0.3 is 0 Å². The third-order valence-electron chi connectivity index (χ3n) is 5.83. The van der Waals surface area contributed by atoms with Crippen LogP contribution < -0.4 is 19.7 Å². The lowest BCUT2D eigenvalue weighted by Crippen LogP contribution is -2.40. The number of anilines is 1. The van der Waals surface area contributed by atoms with Crippen LogP contribution in [-0.4, -0.2) is 43.2 Å². The van der Waals surface area contributed by atoms with Gasteiger partial charge in [0.2, 0.25) is 5.91 Å². The van der Waals surface area contributed by atoms with Crippen LogP contribution in [0.4, 0.5) is 5.82 Å². The fraction of sp³-hybridized carbons (Fsp3) is 0.320. The number of nitrogens with one attached hydrogen (secondary N) is 1. The molecule has 166 valence electrons. The molecule has 1 aliphatic heterocycles. The molecule has 0 atom stereocenters. The number of ether oxygens (including phenoxy) is 2. The van der Waals surface area contributed by atoms with Crippen LogP contribution in [0.25, 0.3) is 11.3 Å². The summed E-state index contributed by atoms with van der Waals surface area (Å²) in [7, 11) is 3.30. The van der Waals surface area contributed by atoms with Crippen molar-refractivity contribution in [1.82, 2.24) is 15.3 Å². The zero-order valence-electron chi connectivity index (χ0n) is 18.5. The number of carbonyl (C=O) groups is 1. The lowest BCUT2D eigenvalue weighted by molar-refractivity contribution is -0.125. The highest BCUT2D eigenvalue weighted by Gasteiger charge is 2.25. The second kappa shape index (κ2) is 10.1. The van der Waals surface area contributed by atoms with Gasteiger partial charge in [0.25, 0.3) is 0 Å². The van der Waals surface area contributed by atoms with E-state index in [1.54, 1.807) is 20.5 Å². The molecule has 1 aromatic heterocycles. The fourth-order valence-corrected chi connectivity index (χ4v) is 3.93. The summed E-state index contributed by atoms with van der Waals surface area (Å²) in [6.07, 6.45) is 3.19. The number of rotatable bonds is 7. The van der Waals surface area contributed by atoms with Gasteiger partial charge < -0.3 is 19.7 Å². The Labute approximate surface area is 188 Å². The van der Waals surface area contributed by atoms with Crippen molar-refractivity contribution in [1.29, 1.82) is 0 Å². The van der Waals surface area contributed by atoms with Crippen molar-refractivity contribution in [3.8, 4) is 22.8 Å². The SMILES string of the molecule is COc1ccc(-c2cc(N3CCC(C(=O)NCc4cccc(OC)c4)CC3)ncn2)cc1. The van der Waals surface area contributed by atoms with Gasteiger partial charge in [0.15, 0.2) is 0 Å². The van der Waals surface area contributed by atoms with E-state index in [4.69, 9.17) is 9.47 Å². The van der Waals surface area contributed by atoms with E-state index in [0.29, 0.717) is 6.54 Å². The standard InChI is InChI=1S/C25H28N4O3/c1-31-21-8-6-19(7-9-21)23-15-24(28-17-27-23)29-12-10-20(11-13-29)25(30)26-16-18-4-3-5-22(14-18)32-2/h3-9,14-15,17,20H,10-13,16H2,1-2H3,(H,26,30). The largest absolute Gasteiger partial charge is 0.497 e. The van der Waals surface area contributed by atoms with E-state index in [-0.39, 0.29) is 11.8 Å². The minimum Gasteiger partial charge on any atom is -0.497 e. The molecule has 1 fully saturated rings. The Bertz CT molecular complexity index is 1050. The molecule has 2 heterocycles. The van der Waals surface area contributed by atoms with Crippen molar-refractivity contribution in [2.45, 2.75) is 19.4 Å². The number of methoxy groups -OCH3 is 2. The minimum absolute atomic E-state index is 0.0137. The van der Waals surface area contributed by atoms with E-state index in [1.165, 1.54) is 0 Å². The molecule has 2 aromatic carbocycles. The van der Waals surface area contributed by atoms with Crippen molar-refractivity contribution in [2.24, 2.45) is 5.92 Å². The van der Waals surface area contributed by atoms with Crippen molar-refractivity contribution < 1.29 is 14.3 Å². The molecule has 0 unspecified atom stereocenters. The van der Waals surface area contributed by atoms with Gasteiger partial charge in [0, 0.05) is 37.2 Å². The maximum atomic E-state index is 12.7. The molecule has 0 saturated carbocycles. The average molecular weight is 433 g/mol. The molecule has 4 rings (SSSR count). The van der Waals surface area contributed by atoms with Gasteiger partial charge in [-0.3, -0.25) is 4.79 Å². The van der Waals surface area contributed by atoms with Crippen molar-refractivity contribution >= 4 is 11.7 Å². The first-order valence-electron chi connectivity index (χ1n) is 10.8. The van der Waals surface area contributed by atoms with Crippen LogP contribution in [0, 0.1) is 5.92 Å². The Morgan fingerprint density at radius 1 is 1.00 bits per heavy atom. The van der Waals surface area contributed by atoms with Gasteiger partial charge in [0.05, 0.1) is 19.9 Å². The van der Waals surface area contributed by atoms with Gasteiger partial charge in [-0.2, -0.15) is 0 Å². The van der Waals surface area contributed by atoms with Gasteiger partial charge in [-0.05, 0) is 54.8 Å². The van der Waals surface area contributed by atoms with E-state index >= 15 is 0 Å². The maximum Gasteiger partial charge on any atom is 0.223 e. The number of hydrogen-bond acceptors (Lipinski definition) is 6. The van der Waals surface area contributed by atoms with E-state index in [1.807, 2.05) is 54.6 Å². The van der Waals surface area contributed by atoms with Crippen LogP contribution in [0.2, 0.25) is 0 Å². The second-order valence-corrected chi connectivity index (χ2v) is 7.82. The molecule has 0 aliphatic carbocycles. The highest BCUT2D eigenvalue weighted by molar-refractivity contribution is 5.79. The van der Waals surface area contributed by atoms with Crippen LogP contribution in [-0.2, 0) is 11.3 Å². The summed E-state index contributed by atoms with van der Waals surface area (Å²) in [5.41, 5.74) is 2.92. The first kappa shape index (κ1) is 21.6. The molecule has 0 radical (unpaired) electrons. The Morgan fingerprint density at radius 2 is 1.75 bits per heavy atom. The number of aromatic nitrogens is 2. The predicted molar refractivity (Wildman–Crippen MR) is 124 cm³/mol. The molecular weight excluding hydrogens is 404 g/mol. The number of nitrogens with zero attached hydrogens (tertiary/aromatic N) is 3. The fourth-order valence-electron chi connectivity index (χ4n) is 3.93. The summed E-state index contributed by atoms with van der Waals surface area (Å²) >= 11 is 0. The van der Waals surface area contributed by atoms with Crippen molar-refractivity contribution in [3.05, 3.63) is 66.5 Å². The highest BCUT2D eigenvalue weighted by atomic mass is 16.5. The van der Waals surface area contributed by atoms with Crippen LogP contribution in [0.15, 0.2) is 60.9 Å². The van der Waals surface area contributed by atoms with E-state index in [2.05, 4.69) is 20.2 Å². The summed E-state index contributed by atoms with van der Waals surface area (Å²) in [4.78, 5) is 23.8. The van der Waals surface area contributed by atoms with E-state index in [9.17, 15) is 4.79 Å². The number of piperidine rings is 1. The lowest BCUT2D eigenvalue weighted by Gasteiger charge is -2.32. The number of hydrogen-bond donors (Lipinski definition) is 1. The third kappa shape index (κ3) is 5.17. The van der Waals surface area contributed by atoms with Crippen molar-refractivity contribution in [3.63, 3.8) is 0 Å². The maximum absolute atomic E-state index is 12.7. The zero-order chi connectivity index (χ0) is 22.3. The average Bonchev–Trinajstić information content (AvgIpc) is 2.87. The van der Waals surface area contributed by atoms with Crippen molar-refractivity contribution in [2.75, 3.05) is 32.2 Å². The summed E-state index contributed by atoms with van der Waals surface area (Å²) < 4.78 is 10.5. The molecule has 1 amide bonds. The van der Waals surface area contributed by atoms with Crippen LogP contribution >= 0.6 is 0 Å². The first-order valence-corrected chi connectivity index (χ1v) is 10.8. The summed E-state index contributed by atoms with van der Waals surface area (Å²) in [6.45, 7) is 2.08.